The zero-order chi connectivity index (χ0) is 35.4. The molecule has 1 aromatic carbocycles. The minimum atomic E-state index is -1.33. The maximum Gasteiger partial charge on any atom is 0.336 e. The van der Waals surface area contributed by atoms with Gasteiger partial charge in [-0.3, -0.25) is 0 Å². The Bertz CT molecular complexity index is 1030. The summed E-state index contributed by atoms with van der Waals surface area (Å²) in [4.78, 5) is 38.5. The summed E-state index contributed by atoms with van der Waals surface area (Å²) in [6.07, 6.45) is 31.2. The van der Waals surface area contributed by atoms with E-state index in [1.165, 1.54) is 96.3 Å². The highest BCUT2D eigenvalue weighted by Crippen LogP contribution is 2.34. The SMILES string of the molecule is CCCCCCCCCCCc1c(CCCCCCCCCCC)c(C(=O)O)c(C(=O)O)c(CCCCCCCCCCC)c1C(=O)O. The third kappa shape index (κ3) is 17.9. The summed E-state index contributed by atoms with van der Waals surface area (Å²) in [6, 6.07) is 0. The van der Waals surface area contributed by atoms with Crippen molar-refractivity contribution in [2.45, 2.75) is 213 Å². The topological polar surface area (TPSA) is 112 Å². The van der Waals surface area contributed by atoms with Gasteiger partial charge >= 0.3 is 17.9 Å². The molecule has 48 heavy (non-hydrogen) atoms. The Kier molecular flexibility index (Phi) is 25.9. The molecule has 0 radical (unpaired) electrons. The molecule has 0 atom stereocenters. The maximum absolute atomic E-state index is 13.0. The molecule has 6 nitrogen and oxygen atoms in total. The Hall–Kier alpha value is -2.37. The Morgan fingerprint density at radius 2 is 0.521 bits per heavy atom. The van der Waals surface area contributed by atoms with E-state index in [1.807, 2.05) is 0 Å². The first-order chi connectivity index (χ1) is 23.3. The van der Waals surface area contributed by atoms with Crippen LogP contribution < -0.4 is 0 Å². The van der Waals surface area contributed by atoms with Crippen LogP contribution in [0.15, 0.2) is 0 Å². The molecule has 0 aliphatic rings. The third-order valence-electron chi connectivity index (χ3n) is 10.1. The normalized spacial score (nSPS) is 11.3. The molecule has 1 aromatic rings. The molecule has 0 aliphatic carbocycles. The Morgan fingerprint density at radius 1 is 0.312 bits per heavy atom. The fourth-order valence-corrected chi connectivity index (χ4v) is 7.28. The van der Waals surface area contributed by atoms with Crippen LogP contribution in [-0.2, 0) is 19.3 Å². The lowest BCUT2D eigenvalue weighted by Crippen LogP contribution is -2.22. The Balaban J connectivity index is 3.22. The van der Waals surface area contributed by atoms with Gasteiger partial charge in [0.1, 0.15) is 0 Å². The number of rotatable bonds is 33. The van der Waals surface area contributed by atoms with Crippen molar-refractivity contribution in [1.29, 1.82) is 0 Å². The van der Waals surface area contributed by atoms with Gasteiger partial charge in [0, 0.05) is 0 Å². The van der Waals surface area contributed by atoms with Crippen LogP contribution in [0.2, 0.25) is 0 Å². The fourth-order valence-electron chi connectivity index (χ4n) is 7.28. The van der Waals surface area contributed by atoms with E-state index in [0.717, 1.165) is 70.6 Å². The quantitative estimate of drug-likeness (QED) is 0.0641. The highest BCUT2D eigenvalue weighted by molar-refractivity contribution is 6.07. The van der Waals surface area contributed by atoms with Crippen LogP contribution in [0.3, 0.4) is 0 Å². The van der Waals surface area contributed by atoms with Crippen LogP contribution in [0.1, 0.15) is 242 Å². The van der Waals surface area contributed by atoms with Crippen LogP contribution in [0.25, 0.3) is 0 Å². The Morgan fingerprint density at radius 3 is 0.792 bits per heavy atom. The van der Waals surface area contributed by atoms with Crippen molar-refractivity contribution < 1.29 is 29.7 Å². The lowest BCUT2D eigenvalue weighted by atomic mass is 9.80. The molecule has 0 amide bonds. The van der Waals surface area contributed by atoms with E-state index < -0.39 is 17.9 Å². The number of hydrogen-bond donors (Lipinski definition) is 3. The van der Waals surface area contributed by atoms with Gasteiger partial charge in [0.15, 0.2) is 0 Å². The average molecular weight is 673 g/mol. The van der Waals surface area contributed by atoms with Gasteiger partial charge in [-0.15, -0.1) is 0 Å². The zero-order valence-electron chi connectivity index (χ0n) is 31.3. The molecule has 6 heteroatoms. The summed E-state index contributed by atoms with van der Waals surface area (Å²) in [5.41, 5.74) is 0.874. The second kappa shape index (κ2) is 28.5. The van der Waals surface area contributed by atoms with Gasteiger partial charge < -0.3 is 15.3 Å². The van der Waals surface area contributed by atoms with Crippen molar-refractivity contribution in [2.24, 2.45) is 0 Å². The number of carboxylic acids is 3. The molecule has 0 heterocycles. The van der Waals surface area contributed by atoms with Crippen molar-refractivity contribution in [1.82, 2.24) is 0 Å². The number of aromatic carboxylic acids is 3. The molecule has 0 bridgehead atoms. The molecule has 0 unspecified atom stereocenters. The van der Waals surface area contributed by atoms with Crippen LogP contribution in [0.5, 0.6) is 0 Å². The Labute approximate surface area is 293 Å². The molecular formula is C42H72O6. The van der Waals surface area contributed by atoms with Gasteiger partial charge in [0.2, 0.25) is 0 Å². The maximum atomic E-state index is 13.0. The van der Waals surface area contributed by atoms with Crippen LogP contribution in [0, 0.1) is 0 Å². The summed E-state index contributed by atoms with van der Waals surface area (Å²) >= 11 is 0. The first kappa shape index (κ1) is 43.7. The highest BCUT2D eigenvalue weighted by Gasteiger charge is 2.32. The molecule has 1 rings (SSSR count). The first-order valence-corrected chi connectivity index (χ1v) is 20.2. The summed E-state index contributed by atoms with van der Waals surface area (Å²) in [5, 5.41) is 31.4. The zero-order valence-corrected chi connectivity index (χ0v) is 31.3. The van der Waals surface area contributed by atoms with E-state index in [4.69, 9.17) is 0 Å². The van der Waals surface area contributed by atoms with Crippen molar-refractivity contribution in [3.05, 3.63) is 33.4 Å². The fraction of sp³-hybridized carbons (Fsp3) is 0.786. The van der Waals surface area contributed by atoms with Crippen LogP contribution in [-0.4, -0.2) is 33.2 Å². The largest absolute Gasteiger partial charge is 0.478 e. The molecule has 0 fully saturated rings. The predicted molar refractivity (Wildman–Crippen MR) is 200 cm³/mol. The van der Waals surface area contributed by atoms with Crippen molar-refractivity contribution in [3.63, 3.8) is 0 Å². The van der Waals surface area contributed by atoms with E-state index in [-0.39, 0.29) is 28.7 Å². The lowest BCUT2D eigenvalue weighted by Gasteiger charge is -2.22. The van der Waals surface area contributed by atoms with Crippen LogP contribution >= 0.6 is 0 Å². The van der Waals surface area contributed by atoms with Gasteiger partial charge in [-0.05, 0) is 55.2 Å². The molecule has 3 N–H and O–H groups in total. The predicted octanol–water partition coefficient (Wildman–Crippen LogP) is 13.0. The van der Waals surface area contributed by atoms with E-state index in [1.54, 1.807) is 0 Å². The standard InChI is InChI=1S/C42H72O6/c1-4-7-10-13-16-19-22-25-28-31-34-35(32-29-26-23-20-17-14-11-8-5-2)38(41(45)46)39(42(47)48)36(37(34)40(43)44)33-30-27-24-21-18-15-12-9-6-3/h4-33H2,1-3H3,(H,43,44)(H,45,46)(H,47,48). The molecule has 0 spiro atoms. The van der Waals surface area contributed by atoms with Crippen molar-refractivity contribution in [3.8, 4) is 0 Å². The molecule has 276 valence electrons. The van der Waals surface area contributed by atoms with E-state index >= 15 is 0 Å². The molecule has 0 saturated heterocycles. The highest BCUT2D eigenvalue weighted by atomic mass is 16.4. The first-order valence-electron chi connectivity index (χ1n) is 20.2. The monoisotopic (exact) mass is 673 g/mol. The smallest absolute Gasteiger partial charge is 0.336 e. The lowest BCUT2D eigenvalue weighted by molar-refractivity contribution is 0.0646. The van der Waals surface area contributed by atoms with Gasteiger partial charge in [0.25, 0.3) is 0 Å². The van der Waals surface area contributed by atoms with E-state index in [9.17, 15) is 29.7 Å². The number of carbonyl (C=O) groups is 3. The molecular weight excluding hydrogens is 600 g/mol. The van der Waals surface area contributed by atoms with Crippen molar-refractivity contribution in [2.75, 3.05) is 0 Å². The average Bonchev–Trinajstić information content (AvgIpc) is 3.05. The van der Waals surface area contributed by atoms with E-state index in [2.05, 4.69) is 20.8 Å². The minimum Gasteiger partial charge on any atom is -0.478 e. The van der Waals surface area contributed by atoms with Crippen LogP contribution in [0.4, 0.5) is 0 Å². The van der Waals surface area contributed by atoms with E-state index in [0.29, 0.717) is 30.4 Å². The summed E-state index contributed by atoms with van der Waals surface area (Å²) < 4.78 is 0. The molecule has 0 aliphatic heterocycles. The third-order valence-corrected chi connectivity index (χ3v) is 10.1. The molecule has 0 saturated carbocycles. The number of hydrogen-bond acceptors (Lipinski definition) is 3. The minimum absolute atomic E-state index is 0.0717. The number of unbranched alkanes of at least 4 members (excludes halogenated alkanes) is 24. The number of benzene rings is 1. The second-order valence-electron chi connectivity index (χ2n) is 14.2. The van der Waals surface area contributed by atoms with Gasteiger partial charge in [0.05, 0.1) is 16.7 Å². The summed E-state index contributed by atoms with van der Waals surface area (Å²) in [6.45, 7) is 6.64. The summed E-state index contributed by atoms with van der Waals surface area (Å²) in [7, 11) is 0. The van der Waals surface area contributed by atoms with Crippen molar-refractivity contribution >= 4 is 17.9 Å². The summed E-state index contributed by atoms with van der Waals surface area (Å²) in [5.74, 6) is -3.71. The van der Waals surface area contributed by atoms with Gasteiger partial charge in [-0.25, -0.2) is 14.4 Å². The van der Waals surface area contributed by atoms with Gasteiger partial charge in [-0.2, -0.15) is 0 Å². The molecule has 0 aromatic heterocycles. The second-order valence-corrected chi connectivity index (χ2v) is 14.2. The van der Waals surface area contributed by atoms with Gasteiger partial charge in [-0.1, -0.05) is 175 Å². The number of carboxylic acid groups (broad SMARTS) is 3.